The molecule has 0 spiro atoms. The second kappa shape index (κ2) is 6.27. The Morgan fingerprint density at radius 1 is 1.39 bits per heavy atom. The van der Waals surface area contributed by atoms with Gasteiger partial charge in [-0.05, 0) is 12.1 Å². The number of benzene rings is 1. The molecule has 0 aliphatic rings. The summed E-state index contributed by atoms with van der Waals surface area (Å²) in [4.78, 5) is -0.119. The fourth-order valence-corrected chi connectivity index (χ4v) is 4.62. The van der Waals surface area contributed by atoms with Crippen molar-refractivity contribution in [3.05, 3.63) is 26.7 Å². The fourth-order valence-electron chi connectivity index (χ4n) is 1.37. The molecular formula is C11H10BrCl2NO2S. The van der Waals surface area contributed by atoms with Crippen molar-refractivity contribution in [3.8, 4) is 12.3 Å². The van der Waals surface area contributed by atoms with Gasteiger partial charge in [-0.3, -0.25) is 0 Å². The second-order valence-corrected chi connectivity index (χ2v) is 6.94. The SMILES string of the molecule is C#CCN(CC)S(=O)(=O)c1c(Cl)cc(Br)cc1Cl. The third-order valence-corrected chi connectivity index (χ3v) is 5.48. The first kappa shape index (κ1) is 15.8. The first-order chi connectivity index (χ1) is 8.34. The van der Waals surface area contributed by atoms with E-state index in [2.05, 4.69) is 21.9 Å². The Balaban J connectivity index is 3.42. The van der Waals surface area contributed by atoms with Crippen LogP contribution in [0.2, 0.25) is 10.0 Å². The summed E-state index contributed by atoms with van der Waals surface area (Å²) in [6, 6.07) is 2.95. The highest BCUT2D eigenvalue weighted by Crippen LogP contribution is 2.34. The molecule has 0 bridgehead atoms. The van der Waals surface area contributed by atoms with Gasteiger partial charge in [-0.2, -0.15) is 4.31 Å². The van der Waals surface area contributed by atoms with Gasteiger partial charge in [-0.15, -0.1) is 6.42 Å². The lowest BCUT2D eigenvalue weighted by atomic mass is 10.4. The number of hydrogen-bond donors (Lipinski definition) is 0. The van der Waals surface area contributed by atoms with Crippen molar-refractivity contribution in [1.29, 1.82) is 0 Å². The Labute approximate surface area is 125 Å². The van der Waals surface area contributed by atoms with Gasteiger partial charge in [0.15, 0.2) is 0 Å². The lowest BCUT2D eigenvalue weighted by Crippen LogP contribution is -2.31. The average molecular weight is 371 g/mol. The minimum atomic E-state index is -3.79. The van der Waals surface area contributed by atoms with E-state index in [0.29, 0.717) is 4.47 Å². The van der Waals surface area contributed by atoms with Crippen LogP contribution >= 0.6 is 39.1 Å². The molecule has 0 amide bonds. The molecular weight excluding hydrogens is 361 g/mol. The quantitative estimate of drug-likeness (QED) is 0.761. The Bertz CT molecular complexity index is 573. The lowest BCUT2D eigenvalue weighted by molar-refractivity contribution is 0.464. The Morgan fingerprint density at radius 3 is 2.28 bits per heavy atom. The number of nitrogens with zero attached hydrogens (tertiary/aromatic N) is 1. The maximum atomic E-state index is 12.4. The van der Waals surface area contributed by atoms with E-state index in [-0.39, 0.29) is 28.0 Å². The molecule has 0 atom stereocenters. The molecule has 98 valence electrons. The molecule has 0 heterocycles. The van der Waals surface area contributed by atoms with Crippen LogP contribution in [0.15, 0.2) is 21.5 Å². The van der Waals surface area contributed by atoms with Crippen LogP contribution in [0.1, 0.15) is 6.92 Å². The predicted molar refractivity (Wildman–Crippen MR) is 77.4 cm³/mol. The first-order valence-electron chi connectivity index (χ1n) is 4.92. The van der Waals surface area contributed by atoms with E-state index >= 15 is 0 Å². The van der Waals surface area contributed by atoms with Gasteiger partial charge in [0, 0.05) is 11.0 Å². The summed E-state index contributed by atoms with van der Waals surface area (Å²) in [5, 5.41) is 0.120. The summed E-state index contributed by atoms with van der Waals surface area (Å²) < 4.78 is 26.4. The summed E-state index contributed by atoms with van der Waals surface area (Å²) in [5.41, 5.74) is 0. The van der Waals surface area contributed by atoms with Crippen molar-refractivity contribution < 1.29 is 8.42 Å². The Kier molecular flexibility index (Phi) is 5.50. The van der Waals surface area contributed by atoms with E-state index in [9.17, 15) is 8.42 Å². The third kappa shape index (κ3) is 3.19. The van der Waals surface area contributed by atoms with Gasteiger partial charge in [-0.1, -0.05) is 52.0 Å². The number of halogens is 3. The molecule has 1 aromatic rings. The molecule has 0 saturated carbocycles. The van der Waals surface area contributed by atoms with Gasteiger partial charge in [0.2, 0.25) is 10.0 Å². The number of hydrogen-bond acceptors (Lipinski definition) is 2. The van der Waals surface area contributed by atoms with Gasteiger partial charge < -0.3 is 0 Å². The van der Waals surface area contributed by atoms with Gasteiger partial charge in [0.05, 0.1) is 16.6 Å². The maximum absolute atomic E-state index is 12.4. The highest BCUT2D eigenvalue weighted by atomic mass is 79.9. The van der Waals surface area contributed by atoms with Crippen molar-refractivity contribution in [1.82, 2.24) is 4.31 Å². The van der Waals surface area contributed by atoms with Gasteiger partial charge in [0.1, 0.15) is 4.90 Å². The van der Waals surface area contributed by atoms with Crippen LogP contribution < -0.4 is 0 Å². The van der Waals surface area contributed by atoms with Crippen LogP contribution in [0.25, 0.3) is 0 Å². The van der Waals surface area contributed by atoms with Gasteiger partial charge in [0.25, 0.3) is 0 Å². The van der Waals surface area contributed by atoms with Crippen LogP contribution in [0, 0.1) is 12.3 Å². The molecule has 0 N–H and O–H groups in total. The van der Waals surface area contributed by atoms with E-state index in [4.69, 9.17) is 29.6 Å². The second-order valence-electron chi connectivity index (χ2n) is 3.33. The molecule has 1 rings (SSSR count). The van der Waals surface area contributed by atoms with Crippen LogP contribution in [-0.2, 0) is 10.0 Å². The van der Waals surface area contributed by atoms with E-state index in [1.165, 1.54) is 12.1 Å². The van der Waals surface area contributed by atoms with E-state index in [1.54, 1.807) is 6.92 Å². The molecule has 0 aliphatic heterocycles. The summed E-state index contributed by atoms with van der Waals surface area (Å²) in [6.07, 6.45) is 5.15. The van der Waals surface area contributed by atoms with Crippen molar-refractivity contribution in [2.24, 2.45) is 0 Å². The van der Waals surface area contributed by atoms with Crippen LogP contribution in [0.3, 0.4) is 0 Å². The van der Waals surface area contributed by atoms with Crippen molar-refractivity contribution in [2.45, 2.75) is 11.8 Å². The first-order valence-corrected chi connectivity index (χ1v) is 7.91. The van der Waals surface area contributed by atoms with Gasteiger partial charge >= 0.3 is 0 Å². The Morgan fingerprint density at radius 2 is 1.89 bits per heavy atom. The highest BCUT2D eigenvalue weighted by molar-refractivity contribution is 9.10. The molecule has 0 radical (unpaired) electrons. The van der Waals surface area contributed by atoms with Gasteiger partial charge in [-0.25, -0.2) is 8.42 Å². The van der Waals surface area contributed by atoms with Crippen molar-refractivity contribution in [3.63, 3.8) is 0 Å². The highest BCUT2D eigenvalue weighted by Gasteiger charge is 2.28. The van der Waals surface area contributed by atoms with E-state index in [0.717, 1.165) is 4.31 Å². The minimum absolute atomic E-state index is 0.0262. The molecule has 7 heteroatoms. The number of terminal acetylenes is 1. The minimum Gasteiger partial charge on any atom is -0.207 e. The molecule has 0 saturated heterocycles. The maximum Gasteiger partial charge on any atom is 0.246 e. The summed E-state index contributed by atoms with van der Waals surface area (Å²) in [5.74, 6) is 2.30. The van der Waals surface area contributed by atoms with E-state index < -0.39 is 10.0 Å². The zero-order valence-electron chi connectivity index (χ0n) is 9.45. The predicted octanol–water partition coefficient (Wildman–Crippen LogP) is 3.40. The van der Waals surface area contributed by atoms with Crippen molar-refractivity contribution >= 4 is 49.2 Å². The summed E-state index contributed by atoms with van der Waals surface area (Å²) in [6.45, 7) is 1.91. The van der Waals surface area contributed by atoms with Crippen LogP contribution in [0.5, 0.6) is 0 Å². The average Bonchev–Trinajstić information content (AvgIpc) is 2.23. The molecule has 1 aromatic carbocycles. The molecule has 3 nitrogen and oxygen atoms in total. The third-order valence-electron chi connectivity index (χ3n) is 2.18. The topological polar surface area (TPSA) is 37.4 Å². The molecule has 0 unspecified atom stereocenters. The molecule has 18 heavy (non-hydrogen) atoms. The smallest absolute Gasteiger partial charge is 0.207 e. The monoisotopic (exact) mass is 369 g/mol. The number of sulfonamides is 1. The molecule has 0 fully saturated rings. The van der Waals surface area contributed by atoms with E-state index in [1.807, 2.05) is 0 Å². The zero-order valence-corrected chi connectivity index (χ0v) is 13.4. The molecule has 0 aliphatic carbocycles. The summed E-state index contributed by atoms with van der Waals surface area (Å²) >= 11 is 15.1. The molecule has 0 aromatic heterocycles. The standard InChI is InChI=1S/C11H10BrCl2NO2S/c1-3-5-15(4-2)18(16,17)11-9(13)6-8(12)7-10(11)14/h1,6-7H,4-5H2,2H3. The van der Waals surface area contributed by atoms with Crippen molar-refractivity contribution in [2.75, 3.05) is 13.1 Å². The van der Waals surface area contributed by atoms with Crippen LogP contribution in [-0.4, -0.2) is 25.8 Å². The largest absolute Gasteiger partial charge is 0.246 e. The lowest BCUT2D eigenvalue weighted by Gasteiger charge is -2.19. The fraction of sp³-hybridized carbons (Fsp3) is 0.273. The summed E-state index contributed by atoms with van der Waals surface area (Å²) in [7, 11) is -3.79. The Hall–Kier alpha value is -0.250. The zero-order chi connectivity index (χ0) is 13.9. The normalized spacial score (nSPS) is 11.6. The number of rotatable bonds is 4. The van der Waals surface area contributed by atoms with Crippen LogP contribution in [0.4, 0.5) is 0 Å².